The first-order chi connectivity index (χ1) is 11.3. The Morgan fingerprint density at radius 1 is 0.913 bits per heavy atom. The zero-order valence-corrected chi connectivity index (χ0v) is 12.9. The van der Waals surface area contributed by atoms with E-state index in [4.69, 9.17) is 16.3 Å². The number of hydrogen-bond acceptors (Lipinski definition) is 3. The highest BCUT2D eigenvalue weighted by molar-refractivity contribution is 6.32. The second-order valence-corrected chi connectivity index (χ2v) is 5.06. The van der Waals surface area contributed by atoms with Gasteiger partial charge in [0, 0.05) is 11.9 Å². The number of amides is 1. The number of para-hydroxylation sites is 1. The second kappa shape index (κ2) is 6.94. The number of rotatable bonds is 5. The first kappa shape index (κ1) is 15.1. The Bertz CT molecular complexity index is 792. The number of pyridine rings is 1. The van der Waals surface area contributed by atoms with Crippen molar-refractivity contribution >= 4 is 29.4 Å². The van der Waals surface area contributed by atoms with Gasteiger partial charge in [-0.2, -0.15) is 0 Å². The highest BCUT2D eigenvalue weighted by Crippen LogP contribution is 2.31. The third-order valence-electron chi connectivity index (χ3n) is 3.20. The Morgan fingerprint density at radius 3 is 2.26 bits per heavy atom. The van der Waals surface area contributed by atoms with Gasteiger partial charge in [0.1, 0.15) is 11.5 Å². The van der Waals surface area contributed by atoms with E-state index in [0.29, 0.717) is 23.5 Å². The number of halogens is 1. The molecule has 0 atom stereocenters. The first-order valence-corrected chi connectivity index (χ1v) is 7.34. The SMILES string of the molecule is O=CN(c1ccc(Oc2ccccc2)cc1)c1cccnc1Cl. The summed E-state index contributed by atoms with van der Waals surface area (Å²) in [4.78, 5) is 16.9. The van der Waals surface area contributed by atoms with Crippen LogP contribution in [-0.2, 0) is 4.79 Å². The van der Waals surface area contributed by atoms with Crippen molar-refractivity contribution in [1.29, 1.82) is 0 Å². The lowest BCUT2D eigenvalue weighted by Gasteiger charge is -2.18. The van der Waals surface area contributed by atoms with Crippen LogP contribution in [0, 0.1) is 0 Å². The molecule has 114 valence electrons. The van der Waals surface area contributed by atoms with Gasteiger partial charge in [0.15, 0.2) is 5.15 Å². The van der Waals surface area contributed by atoms with E-state index < -0.39 is 0 Å². The topological polar surface area (TPSA) is 42.4 Å². The van der Waals surface area contributed by atoms with Crippen molar-refractivity contribution in [3.8, 4) is 11.5 Å². The molecule has 0 aliphatic carbocycles. The predicted molar refractivity (Wildman–Crippen MR) is 90.4 cm³/mol. The summed E-state index contributed by atoms with van der Waals surface area (Å²) in [7, 11) is 0. The average Bonchev–Trinajstić information content (AvgIpc) is 2.59. The molecule has 0 aliphatic rings. The van der Waals surface area contributed by atoms with Gasteiger partial charge < -0.3 is 4.74 Å². The van der Waals surface area contributed by atoms with Crippen molar-refractivity contribution < 1.29 is 9.53 Å². The summed E-state index contributed by atoms with van der Waals surface area (Å²) in [5, 5.41) is 0.268. The van der Waals surface area contributed by atoms with Gasteiger partial charge in [-0.15, -0.1) is 0 Å². The zero-order chi connectivity index (χ0) is 16.1. The molecule has 0 saturated heterocycles. The van der Waals surface area contributed by atoms with Crippen LogP contribution in [0.3, 0.4) is 0 Å². The van der Waals surface area contributed by atoms with Crippen LogP contribution in [0.5, 0.6) is 11.5 Å². The monoisotopic (exact) mass is 324 g/mol. The molecule has 0 N–H and O–H groups in total. The van der Waals surface area contributed by atoms with E-state index in [1.165, 1.54) is 4.90 Å². The van der Waals surface area contributed by atoms with E-state index in [9.17, 15) is 4.79 Å². The van der Waals surface area contributed by atoms with E-state index in [-0.39, 0.29) is 5.15 Å². The maximum absolute atomic E-state index is 11.4. The number of aromatic nitrogens is 1. The van der Waals surface area contributed by atoms with Crippen molar-refractivity contribution in [3.63, 3.8) is 0 Å². The smallest absolute Gasteiger partial charge is 0.218 e. The van der Waals surface area contributed by atoms with Gasteiger partial charge in [-0.1, -0.05) is 29.8 Å². The summed E-state index contributed by atoms with van der Waals surface area (Å²) in [5.41, 5.74) is 1.20. The van der Waals surface area contributed by atoms with Gasteiger partial charge in [0.25, 0.3) is 0 Å². The normalized spacial score (nSPS) is 10.1. The molecule has 0 unspecified atom stereocenters. The summed E-state index contributed by atoms with van der Waals surface area (Å²) in [5.74, 6) is 1.44. The Balaban J connectivity index is 1.83. The largest absolute Gasteiger partial charge is 0.457 e. The minimum Gasteiger partial charge on any atom is -0.457 e. The van der Waals surface area contributed by atoms with Gasteiger partial charge >= 0.3 is 0 Å². The predicted octanol–water partition coefficient (Wildman–Crippen LogP) is 4.82. The van der Waals surface area contributed by atoms with E-state index in [1.54, 1.807) is 42.6 Å². The summed E-state index contributed by atoms with van der Waals surface area (Å²) in [6.45, 7) is 0. The molecule has 5 heteroatoms. The number of benzene rings is 2. The molecule has 23 heavy (non-hydrogen) atoms. The van der Waals surface area contributed by atoms with Gasteiger partial charge in [0.05, 0.1) is 5.69 Å². The minimum atomic E-state index is 0.268. The number of nitrogens with zero attached hydrogens (tertiary/aromatic N) is 2. The molecule has 1 aromatic heterocycles. The fourth-order valence-electron chi connectivity index (χ4n) is 2.11. The van der Waals surface area contributed by atoms with Crippen LogP contribution in [0.4, 0.5) is 11.4 Å². The molecule has 0 spiro atoms. The average molecular weight is 325 g/mol. The maximum Gasteiger partial charge on any atom is 0.218 e. The highest BCUT2D eigenvalue weighted by Gasteiger charge is 2.12. The van der Waals surface area contributed by atoms with Crippen LogP contribution in [-0.4, -0.2) is 11.4 Å². The van der Waals surface area contributed by atoms with Crippen molar-refractivity contribution in [2.75, 3.05) is 4.90 Å². The maximum atomic E-state index is 11.4. The van der Waals surface area contributed by atoms with Crippen LogP contribution >= 0.6 is 11.6 Å². The van der Waals surface area contributed by atoms with Crippen LogP contribution in [0.1, 0.15) is 0 Å². The van der Waals surface area contributed by atoms with Crippen LogP contribution in [0.15, 0.2) is 72.9 Å². The molecular formula is C18H13ClN2O2. The molecule has 0 radical (unpaired) electrons. The second-order valence-electron chi connectivity index (χ2n) is 4.70. The lowest BCUT2D eigenvalue weighted by Crippen LogP contribution is -2.14. The summed E-state index contributed by atoms with van der Waals surface area (Å²) in [6.07, 6.45) is 2.28. The molecule has 0 bridgehead atoms. The fourth-order valence-corrected chi connectivity index (χ4v) is 2.32. The van der Waals surface area contributed by atoms with Crippen molar-refractivity contribution in [3.05, 3.63) is 78.1 Å². The molecule has 1 amide bonds. The third-order valence-corrected chi connectivity index (χ3v) is 3.49. The fraction of sp³-hybridized carbons (Fsp3) is 0. The molecule has 0 saturated carbocycles. The number of hydrogen-bond donors (Lipinski definition) is 0. The minimum absolute atomic E-state index is 0.268. The van der Waals surface area contributed by atoms with Crippen molar-refractivity contribution in [1.82, 2.24) is 4.98 Å². The number of carbonyl (C=O) groups is 1. The third kappa shape index (κ3) is 3.49. The zero-order valence-electron chi connectivity index (χ0n) is 12.1. The Morgan fingerprint density at radius 2 is 1.61 bits per heavy atom. The molecule has 1 heterocycles. The van der Waals surface area contributed by atoms with Crippen molar-refractivity contribution in [2.24, 2.45) is 0 Å². The first-order valence-electron chi connectivity index (χ1n) is 6.96. The number of carbonyl (C=O) groups excluding carboxylic acids is 1. The molecule has 2 aromatic carbocycles. The quantitative estimate of drug-likeness (QED) is 0.499. The summed E-state index contributed by atoms with van der Waals surface area (Å²) < 4.78 is 5.73. The van der Waals surface area contributed by atoms with Crippen molar-refractivity contribution in [2.45, 2.75) is 0 Å². The number of anilines is 2. The highest BCUT2D eigenvalue weighted by atomic mass is 35.5. The summed E-state index contributed by atoms with van der Waals surface area (Å²) in [6, 6.07) is 20.1. The molecule has 0 fully saturated rings. The summed E-state index contributed by atoms with van der Waals surface area (Å²) >= 11 is 6.05. The van der Waals surface area contributed by atoms with E-state index in [2.05, 4.69) is 4.98 Å². The van der Waals surface area contributed by atoms with E-state index in [1.807, 2.05) is 30.3 Å². The Hall–Kier alpha value is -2.85. The standard InChI is InChI=1S/C18H13ClN2O2/c19-18-17(7-4-12-20-18)21(13-22)14-8-10-16(11-9-14)23-15-5-2-1-3-6-15/h1-13H. The van der Waals surface area contributed by atoms with Crippen LogP contribution in [0.2, 0.25) is 5.15 Å². The Kier molecular flexibility index (Phi) is 4.54. The lowest BCUT2D eigenvalue weighted by atomic mass is 10.2. The molecule has 4 nitrogen and oxygen atoms in total. The molecular weight excluding hydrogens is 312 g/mol. The van der Waals surface area contributed by atoms with E-state index in [0.717, 1.165) is 5.75 Å². The van der Waals surface area contributed by atoms with Gasteiger partial charge in [0.2, 0.25) is 6.41 Å². The Labute approximate surface area is 138 Å². The molecule has 0 aliphatic heterocycles. The van der Waals surface area contributed by atoms with Gasteiger partial charge in [-0.05, 0) is 48.5 Å². The lowest BCUT2D eigenvalue weighted by molar-refractivity contribution is -0.106. The van der Waals surface area contributed by atoms with E-state index >= 15 is 0 Å². The van der Waals surface area contributed by atoms with Gasteiger partial charge in [-0.3, -0.25) is 9.69 Å². The van der Waals surface area contributed by atoms with Gasteiger partial charge in [-0.25, -0.2) is 4.98 Å². The molecule has 3 rings (SSSR count). The number of ether oxygens (including phenoxy) is 1. The van der Waals surface area contributed by atoms with Crippen LogP contribution in [0.25, 0.3) is 0 Å². The molecule has 3 aromatic rings. The van der Waals surface area contributed by atoms with Crippen LogP contribution < -0.4 is 9.64 Å².